The lowest BCUT2D eigenvalue weighted by Gasteiger charge is -2.26. The molecular formula is C8H8ClF3N2O2. The van der Waals surface area contributed by atoms with Crippen LogP contribution in [0, 0.1) is 0 Å². The minimum atomic E-state index is -4.89. The van der Waals surface area contributed by atoms with Crippen LogP contribution in [-0.4, -0.2) is 28.6 Å². The molecule has 0 aliphatic rings. The van der Waals surface area contributed by atoms with E-state index in [9.17, 15) is 18.3 Å². The summed E-state index contributed by atoms with van der Waals surface area (Å²) in [5.41, 5.74) is -3.87. The Morgan fingerprint density at radius 2 is 1.94 bits per heavy atom. The number of methoxy groups -OCH3 is 1. The summed E-state index contributed by atoms with van der Waals surface area (Å²) in [6.45, 7) is 0.563. The zero-order valence-electron chi connectivity index (χ0n) is 8.34. The van der Waals surface area contributed by atoms with E-state index in [2.05, 4.69) is 14.9 Å². The van der Waals surface area contributed by atoms with Crippen molar-refractivity contribution in [2.45, 2.75) is 18.7 Å². The third-order valence-electron chi connectivity index (χ3n) is 1.96. The van der Waals surface area contributed by atoms with Crippen LogP contribution in [0.4, 0.5) is 13.2 Å². The maximum atomic E-state index is 12.5. The van der Waals surface area contributed by atoms with Crippen molar-refractivity contribution in [2.75, 3.05) is 7.11 Å². The first kappa shape index (κ1) is 13.0. The quantitative estimate of drug-likeness (QED) is 0.878. The monoisotopic (exact) mass is 256 g/mol. The van der Waals surface area contributed by atoms with Gasteiger partial charge in [-0.2, -0.15) is 13.2 Å². The number of ether oxygens (including phenoxy) is 1. The molecule has 0 aliphatic heterocycles. The van der Waals surface area contributed by atoms with Crippen molar-refractivity contribution in [3.05, 3.63) is 16.9 Å². The molecule has 0 saturated heterocycles. The molecule has 1 aromatic heterocycles. The van der Waals surface area contributed by atoms with Gasteiger partial charge in [0.05, 0.1) is 7.11 Å². The predicted molar refractivity (Wildman–Crippen MR) is 49.2 cm³/mol. The highest BCUT2D eigenvalue weighted by Crippen LogP contribution is 2.41. The molecule has 8 heteroatoms. The van der Waals surface area contributed by atoms with Gasteiger partial charge in [-0.1, -0.05) is 11.6 Å². The van der Waals surface area contributed by atoms with Crippen LogP contribution >= 0.6 is 11.6 Å². The first-order chi connectivity index (χ1) is 7.20. The minimum Gasteiger partial charge on any atom is -0.495 e. The van der Waals surface area contributed by atoms with Crippen LogP contribution in [0.15, 0.2) is 6.07 Å². The zero-order valence-corrected chi connectivity index (χ0v) is 9.10. The van der Waals surface area contributed by atoms with Gasteiger partial charge in [-0.15, -0.1) is 10.2 Å². The summed E-state index contributed by atoms with van der Waals surface area (Å²) in [5.74, 6) is -0.276. The Balaban J connectivity index is 3.33. The summed E-state index contributed by atoms with van der Waals surface area (Å²) in [6.07, 6.45) is -4.89. The van der Waals surface area contributed by atoms with Crippen molar-refractivity contribution in [3.63, 3.8) is 0 Å². The van der Waals surface area contributed by atoms with Gasteiger partial charge in [0.2, 0.25) is 5.60 Å². The molecule has 90 valence electrons. The predicted octanol–water partition coefficient (Wildman–Crippen LogP) is 1.91. The maximum absolute atomic E-state index is 12.5. The number of alkyl halides is 3. The van der Waals surface area contributed by atoms with E-state index in [1.165, 1.54) is 0 Å². The van der Waals surface area contributed by atoms with E-state index in [1.807, 2.05) is 0 Å². The van der Waals surface area contributed by atoms with E-state index in [1.54, 1.807) is 0 Å². The molecule has 0 saturated carbocycles. The van der Waals surface area contributed by atoms with E-state index >= 15 is 0 Å². The zero-order chi connectivity index (χ0) is 12.6. The van der Waals surface area contributed by atoms with Gasteiger partial charge in [0.1, 0.15) is 11.4 Å². The van der Waals surface area contributed by atoms with Crippen molar-refractivity contribution < 1.29 is 23.0 Å². The molecule has 1 N–H and O–H groups in total. The van der Waals surface area contributed by atoms with Crippen LogP contribution in [0.25, 0.3) is 0 Å². The lowest BCUT2D eigenvalue weighted by atomic mass is 10.0. The second kappa shape index (κ2) is 4.06. The molecule has 0 bridgehead atoms. The molecule has 4 nitrogen and oxygen atoms in total. The fraction of sp³-hybridized carbons (Fsp3) is 0.500. The van der Waals surface area contributed by atoms with E-state index < -0.39 is 17.5 Å². The molecular weight excluding hydrogens is 249 g/mol. The van der Waals surface area contributed by atoms with Crippen LogP contribution in [0.5, 0.6) is 5.75 Å². The molecule has 1 unspecified atom stereocenters. The second-order valence-corrected chi connectivity index (χ2v) is 3.54. The molecule has 1 heterocycles. The summed E-state index contributed by atoms with van der Waals surface area (Å²) < 4.78 is 42.2. The highest BCUT2D eigenvalue weighted by Gasteiger charge is 2.54. The Hall–Kier alpha value is -1.08. The molecule has 1 aromatic rings. The van der Waals surface area contributed by atoms with Crippen molar-refractivity contribution in [1.82, 2.24) is 10.2 Å². The van der Waals surface area contributed by atoms with Crippen LogP contribution < -0.4 is 4.74 Å². The average molecular weight is 257 g/mol. The Morgan fingerprint density at radius 3 is 2.38 bits per heavy atom. The van der Waals surface area contributed by atoms with Gasteiger partial charge in [0.15, 0.2) is 5.15 Å². The molecule has 1 rings (SSSR count). The van der Waals surface area contributed by atoms with Gasteiger partial charge >= 0.3 is 6.18 Å². The van der Waals surface area contributed by atoms with E-state index in [0.29, 0.717) is 6.92 Å². The summed E-state index contributed by atoms with van der Waals surface area (Å²) in [5, 5.41) is 15.7. The lowest BCUT2D eigenvalue weighted by Crippen LogP contribution is -2.40. The van der Waals surface area contributed by atoms with Crippen molar-refractivity contribution in [1.29, 1.82) is 0 Å². The number of aromatic nitrogens is 2. The largest absolute Gasteiger partial charge is 0.495 e. The van der Waals surface area contributed by atoms with Crippen LogP contribution in [-0.2, 0) is 5.60 Å². The third kappa shape index (κ3) is 2.19. The second-order valence-electron chi connectivity index (χ2n) is 3.15. The normalized spacial score (nSPS) is 15.7. The van der Waals surface area contributed by atoms with E-state index in [0.717, 1.165) is 13.2 Å². The SMILES string of the molecule is COc1cc(Cl)nnc1C(C)(O)C(F)(F)F. The Labute approximate surface area is 94.0 Å². The maximum Gasteiger partial charge on any atom is 0.422 e. The lowest BCUT2D eigenvalue weighted by molar-refractivity contribution is -0.261. The number of nitrogens with zero attached hydrogens (tertiary/aromatic N) is 2. The fourth-order valence-electron chi connectivity index (χ4n) is 0.980. The molecule has 0 amide bonds. The average Bonchev–Trinajstić information content (AvgIpc) is 2.15. The molecule has 0 spiro atoms. The fourth-order valence-corrected chi connectivity index (χ4v) is 1.12. The van der Waals surface area contributed by atoms with E-state index in [4.69, 9.17) is 11.6 Å². The van der Waals surface area contributed by atoms with Gasteiger partial charge in [-0.25, -0.2) is 0 Å². The van der Waals surface area contributed by atoms with Crippen molar-refractivity contribution in [3.8, 4) is 5.75 Å². The number of aliphatic hydroxyl groups is 1. The van der Waals surface area contributed by atoms with E-state index in [-0.39, 0.29) is 10.9 Å². The Kier molecular flexibility index (Phi) is 3.30. The molecule has 16 heavy (non-hydrogen) atoms. The van der Waals surface area contributed by atoms with Gasteiger partial charge in [0, 0.05) is 6.07 Å². The highest BCUT2D eigenvalue weighted by atomic mass is 35.5. The van der Waals surface area contributed by atoms with Crippen molar-refractivity contribution >= 4 is 11.6 Å². The summed E-state index contributed by atoms with van der Waals surface area (Å²) in [7, 11) is 1.14. The molecule has 0 aliphatic carbocycles. The first-order valence-corrected chi connectivity index (χ1v) is 4.44. The summed E-state index contributed by atoms with van der Waals surface area (Å²) >= 11 is 5.44. The number of hydrogen-bond acceptors (Lipinski definition) is 4. The standard InChI is InChI=1S/C8H8ClF3N2O2/c1-7(15,8(10,11)12)6-4(16-2)3-5(9)13-14-6/h3,15H,1-2H3. The van der Waals surface area contributed by atoms with Gasteiger partial charge < -0.3 is 9.84 Å². The molecule has 0 aromatic carbocycles. The smallest absolute Gasteiger partial charge is 0.422 e. The third-order valence-corrected chi connectivity index (χ3v) is 2.15. The Bertz CT molecular complexity index is 395. The summed E-state index contributed by atoms with van der Waals surface area (Å²) in [4.78, 5) is 0. The number of hydrogen-bond donors (Lipinski definition) is 1. The summed E-state index contributed by atoms with van der Waals surface area (Å²) in [6, 6.07) is 1.05. The molecule has 1 atom stereocenters. The highest BCUT2D eigenvalue weighted by molar-refractivity contribution is 6.29. The number of rotatable bonds is 2. The van der Waals surface area contributed by atoms with Crippen LogP contribution in [0.1, 0.15) is 12.6 Å². The topological polar surface area (TPSA) is 55.2 Å². The Morgan fingerprint density at radius 1 is 1.38 bits per heavy atom. The van der Waals surface area contributed by atoms with Gasteiger partial charge in [0.25, 0.3) is 0 Å². The van der Waals surface area contributed by atoms with Crippen molar-refractivity contribution in [2.24, 2.45) is 0 Å². The van der Waals surface area contributed by atoms with Gasteiger partial charge in [-0.05, 0) is 6.92 Å². The van der Waals surface area contributed by atoms with Crippen LogP contribution in [0.2, 0.25) is 5.15 Å². The number of halogens is 4. The van der Waals surface area contributed by atoms with Crippen LogP contribution in [0.3, 0.4) is 0 Å². The first-order valence-electron chi connectivity index (χ1n) is 4.07. The van der Waals surface area contributed by atoms with Gasteiger partial charge in [-0.3, -0.25) is 0 Å². The minimum absolute atomic E-state index is 0.126. The molecule has 0 radical (unpaired) electrons. The molecule has 0 fully saturated rings.